The average Bonchev–Trinajstić information content (AvgIpc) is 2.87. The van der Waals surface area contributed by atoms with E-state index in [4.69, 9.17) is 14.2 Å². The summed E-state index contributed by atoms with van der Waals surface area (Å²) in [7, 11) is 1.58. The van der Waals surface area contributed by atoms with Crippen LogP contribution in [0.4, 0.5) is 0 Å². The Morgan fingerprint density at radius 3 is 2.50 bits per heavy atom. The van der Waals surface area contributed by atoms with E-state index in [0.717, 1.165) is 30.6 Å². The van der Waals surface area contributed by atoms with Crippen molar-refractivity contribution in [3.8, 4) is 11.5 Å². The Morgan fingerprint density at radius 1 is 1.00 bits per heavy atom. The molecule has 5 heteroatoms. The van der Waals surface area contributed by atoms with Crippen LogP contribution in [0.15, 0.2) is 78.9 Å². The molecule has 1 aliphatic rings. The third kappa shape index (κ3) is 5.48. The second-order valence-electron chi connectivity index (χ2n) is 7.95. The first kappa shape index (κ1) is 21.9. The minimum absolute atomic E-state index is 0.00792. The Bertz CT molecular complexity index is 1010. The fourth-order valence-electron chi connectivity index (χ4n) is 4.05. The lowest BCUT2D eigenvalue weighted by Crippen LogP contribution is -2.35. The predicted octanol–water partition coefficient (Wildman–Crippen LogP) is 5.17. The fraction of sp³-hybridized carbons (Fsp3) is 0.296. The third-order valence-electron chi connectivity index (χ3n) is 5.76. The highest BCUT2D eigenvalue weighted by Gasteiger charge is 2.27. The fourth-order valence-corrected chi connectivity index (χ4v) is 4.05. The van der Waals surface area contributed by atoms with Crippen LogP contribution in [0.1, 0.15) is 40.4 Å². The lowest BCUT2D eigenvalue weighted by atomic mass is 9.89. The number of hydrogen-bond acceptors (Lipinski definition) is 4. The molecule has 0 aromatic heterocycles. The molecule has 166 valence electrons. The van der Waals surface area contributed by atoms with E-state index >= 15 is 0 Å². The maximum Gasteiger partial charge on any atom is 0.251 e. The van der Waals surface area contributed by atoms with Gasteiger partial charge in [-0.25, -0.2) is 0 Å². The van der Waals surface area contributed by atoms with Crippen molar-refractivity contribution in [2.75, 3.05) is 20.3 Å². The highest BCUT2D eigenvalue weighted by Crippen LogP contribution is 2.33. The lowest BCUT2D eigenvalue weighted by Gasteiger charge is -2.32. The number of amides is 1. The number of carbonyl (C=O) groups excluding carboxylic acids is 1. The van der Waals surface area contributed by atoms with Gasteiger partial charge < -0.3 is 19.5 Å². The van der Waals surface area contributed by atoms with E-state index in [9.17, 15) is 4.79 Å². The molecule has 1 amide bonds. The predicted molar refractivity (Wildman–Crippen MR) is 124 cm³/mol. The van der Waals surface area contributed by atoms with E-state index in [0.29, 0.717) is 30.2 Å². The minimum Gasteiger partial charge on any atom is -0.493 e. The van der Waals surface area contributed by atoms with Crippen LogP contribution in [0.3, 0.4) is 0 Å². The van der Waals surface area contributed by atoms with Crippen LogP contribution in [-0.4, -0.2) is 26.2 Å². The van der Waals surface area contributed by atoms with Crippen LogP contribution < -0.4 is 14.8 Å². The molecule has 3 aromatic carbocycles. The Labute approximate surface area is 189 Å². The number of carbonyl (C=O) groups is 1. The maximum atomic E-state index is 12.8. The van der Waals surface area contributed by atoms with Crippen molar-refractivity contribution < 1.29 is 19.0 Å². The standard InChI is InChI=1S/C27H29NO4/c1-30-25-17-22(14-15-24(25)32-19-20-9-4-2-5-10-20)27(29)28-18-23-13-8-16-31-26(23)21-11-6-3-7-12-21/h2-7,9-12,14-15,17,23,26H,8,13,16,18-19H2,1H3,(H,28,29). The monoisotopic (exact) mass is 431 g/mol. The van der Waals surface area contributed by atoms with Crippen molar-refractivity contribution in [1.29, 1.82) is 0 Å². The molecule has 2 unspecified atom stereocenters. The quantitative estimate of drug-likeness (QED) is 0.534. The van der Waals surface area contributed by atoms with Crippen LogP contribution in [0.5, 0.6) is 11.5 Å². The molecule has 0 radical (unpaired) electrons. The molecule has 1 fully saturated rings. The molecular weight excluding hydrogens is 402 g/mol. The molecule has 0 bridgehead atoms. The summed E-state index contributed by atoms with van der Waals surface area (Å²) in [6.45, 7) is 1.75. The van der Waals surface area contributed by atoms with Crippen LogP contribution in [0, 0.1) is 5.92 Å². The molecule has 1 saturated heterocycles. The largest absolute Gasteiger partial charge is 0.493 e. The van der Waals surface area contributed by atoms with Crippen molar-refractivity contribution in [2.24, 2.45) is 5.92 Å². The van der Waals surface area contributed by atoms with Gasteiger partial charge in [-0.2, -0.15) is 0 Å². The highest BCUT2D eigenvalue weighted by molar-refractivity contribution is 5.94. The molecule has 0 aliphatic carbocycles. The Hall–Kier alpha value is -3.31. The van der Waals surface area contributed by atoms with Crippen molar-refractivity contribution in [2.45, 2.75) is 25.6 Å². The summed E-state index contributed by atoms with van der Waals surface area (Å²) in [4.78, 5) is 12.8. The Morgan fingerprint density at radius 2 is 1.75 bits per heavy atom. The van der Waals surface area contributed by atoms with Crippen LogP contribution in [0.25, 0.3) is 0 Å². The van der Waals surface area contributed by atoms with E-state index < -0.39 is 0 Å². The van der Waals surface area contributed by atoms with Crippen molar-refractivity contribution in [1.82, 2.24) is 5.32 Å². The molecule has 0 spiro atoms. The minimum atomic E-state index is -0.129. The molecule has 0 saturated carbocycles. The van der Waals surface area contributed by atoms with Crippen LogP contribution in [-0.2, 0) is 11.3 Å². The molecule has 32 heavy (non-hydrogen) atoms. The average molecular weight is 432 g/mol. The first-order valence-corrected chi connectivity index (χ1v) is 11.0. The van der Waals surface area contributed by atoms with Crippen molar-refractivity contribution >= 4 is 5.91 Å². The van der Waals surface area contributed by atoms with Gasteiger partial charge in [0.2, 0.25) is 0 Å². The van der Waals surface area contributed by atoms with Crippen molar-refractivity contribution in [3.63, 3.8) is 0 Å². The first-order valence-electron chi connectivity index (χ1n) is 11.0. The normalized spacial score (nSPS) is 18.0. The summed E-state index contributed by atoms with van der Waals surface area (Å²) in [5.41, 5.74) is 2.77. The van der Waals surface area contributed by atoms with E-state index in [1.165, 1.54) is 0 Å². The summed E-state index contributed by atoms with van der Waals surface area (Å²) >= 11 is 0. The molecular formula is C27H29NO4. The summed E-state index contributed by atoms with van der Waals surface area (Å²) in [5, 5.41) is 3.08. The molecule has 1 N–H and O–H groups in total. The number of nitrogens with one attached hydrogen (secondary N) is 1. The Balaban J connectivity index is 1.38. The summed E-state index contributed by atoms with van der Waals surface area (Å²) in [5.74, 6) is 1.26. The topological polar surface area (TPSA) is 56.8 Å². The Kier molecular flexibility index (Phi) is 7.41. The molecule has 4 rings (SSSR count). The zero-order valence-electron chi connectivity index (χ0n) is 18.3. The second-order valence-corrected chi connectivity index (χ2v) is 7.95. The van der Waals surface area contributed by atoms with Crippen molar-refractivity contribution in [3.05, 3.63) is 95.6 Å². The van der Waals surface area contributed by atoms with E-state index in [2.05, 4.69) is 17.4 Å². The maximum absolute atomic E-state index is 12.8. The van der Waals surface area contributed by atoms with Crippen LogP contribution in [0.2, 0.25) is 0 Å². The van der Waals surface area contributed by atoms with E-state index in [1.807, 2.05) is 48.5 Å². The van der Waals surface area contributed by atoms with E-state index in [-0.39, 0.29) is 17.9 Å². The molecule has 1 aliphatic heterocycles. The second kappa shape index (κ2) is 10.8. The van der Waals surface area contributed by atoms with Gasteiger partial charge in [0.05, 0.1) is 13.2 Å². The SMILES string of the molecule is COc1cc(C(=O)NCC2CCCOC2c2ccccc2)ccc1OCc1ccccc1. The smallest absolute Gasteiger partial charge is 0.251 e. The van der Waals surface area contributed by atoms with Gasteiger partial charge in [0.1, 0.15) is 6.61 Å². The zero-order valence-corrected chi connectivity index (χ0v) is 18.3. The molecule has 2 atom stereocenters. The number of ether oxygens (including phenoxy) is 3. The van der Waals surface area contributed by atoms with Gasteiger partial charge >= 0.3 is 0 Å². The number of benzene rings is 3. The number of methoxy groups -OCH3 is 1. The number of hydrogen-bond donors (Lipinski definition) is 1. The number of rotatable bonds is 8. The van der Waals surface area contributed by atoms with Gasteiger partial charge in [-0.3, -0.25) is 4.79 Å². The summed E-state index contributed by atoms with van der Waals surface area (Å²) < 4.78 is 17.4. The van der Waals surface area contributed by atoms with Gasteiger partial charge in [0.25, 0.3) is 5.91 Å². The molecule has 5 nitrogen and oxygen atoms in total. The van der Waals surface area contributed by atoms with Gasteiger partial charge in [-0.15, -0.1) is 0 Å². The zero-order chi connectivity index (χ0) is 22.2. The summed E-state index contributed by atoms with van der Waals surface area (Å²) in [6, 6.07) is 25.4. The molecule has 1 heterocycles. The van der Waals surface area contributed by atoms with Gasteiger partial charge in [-0.1, -0.05) is 60.7 Å². The van der Waals surface area contributed by atoms with Gasteiger partial charge in [0, 0.05) is 24.6 Å². The van der Waals surface area contributed by atoms with Gasteiger partial charge in [0.15, 0.2) is 11.5 Å². The van der Waals surface area contributed by atoms with Gasteiger partial charge in [-0.05, 0) is 42.2 Å². The van der Waals surface area contributed by atoms with Crippen LogP contribution >= 0.6 is 0 Å². The third-order valence-corrected chi connectivity index (χ3v) is 5.76. The first-order chi connectivity index (χ1) is 15.7. The molecule has 3 aromatic rings. The van der Waals surface area contributed by atoms with E-state index in [1.54, 1.807) is 25.3 Å². The lowest BCUT2D eigenvalue weighted by molar-refractivity contribution is -0.0272. The highest BCUT2D eigenvalue weighted by atomic mass is 16.5. The summed E-state index contributed by atoms with van der Waals surface area (Å²) in [6.07, 6.45) is 2.04.